The molecule has 0 heterocycles. The van der Waals surface area contributed by atoms with Crippen LogP contribution in [0.5, 0.6) is 11.5 Å². The molecule has 0 saturated heterocycles. The van der Waals surface area contributed by atoms with Crippen LogP contribution in [0.2, 0.25) is 0 Å². The van der Waals surface area contributed by atoms with Gasteiger partial charge in [0.05, 0.1) is 7.11 Å². The number of benzene rings is 2. The number of urea groups is 1. The summed E-state index contributed by atoms with van der Waals surface area (Å²) in [6.45, 7) is 5.73. The smallest absolute Gasteiger partial charge is 0.319 e. The third-order valence-corrected chi connectivity index (χ3v) is 3.97. The van der Waals surface area contributed by atoms with Crippen LogP contribution in [-0.2, 0) is 11.3 Å². The first-order valence-electron chi connectivity index (χ1n) is 8.62. The van der Waals surface area contributed by atoms with Gasteiger partial charge in [0.15, 0.2) is 11.5 Å². The van der Waals surface area contributed by atoms with Crippen LogP contribution in [0.4, 0.5) is 16.2 Å². The number of aromatic hydroxyl groups is 1. The van der Waals surface area contributed by atoms with E-state index in [-0.39, 0.29) is 30.2 Å². The Morgan fingerprint density at radius 1 is 1.11 bits per heavy atom. The number of nitrogens with one attached hydrogen (secondary N) is 3. The summed E-state index contributed by atoms with van der Waals surface area (Å²) in [6.07, 6.45) is 0. The van der Waals surface area contributed by atoms with Crippen molar-refractivity contribution in [2.24, 2.45) is 5.92 Å². The van der Waals surface area contributed by atoms with Gasteiger partial charge in [-0.25, -0.2) is 4.79 Å². The lowest BCUT2D eigenvalue weighted by Gasteiger charge is -2.13. The molecule has 2 aromatic carbocycles. The maximum absolute atomic E-state index is 12.2. The second-order valence-corrected chi connectivity index (χ2v) is 6.49. The number of hydrogen-bond acceptors (Lipinski definition) is 4. The zero-order valence-corrected chi connectivity index (χ0v) is 15.9. The summed E-state index contributed by atoms with van der Waals surface area (Å²) in [6, 6.07) is 9.87. The monoisotopic (exact) mass is 371 g/mol. The van der Waals surface area contributed by atoms with Crippen LogP contribution in [0.15, 0.2) is 36.4 Å². The third-order valence-electron chi connectivity index (χ3n) is 3.97. The molecule has 27 heavy (non-hydrogen) atoms. The van der Waals surface area contributed by atoms with Crippen molar-refractivity contribution >= 4 is 23.3 Å². The molecule has 0 aliphatic carbocycles. The van der Waals surface area contributed by atoms with Gasteiger partial charge < -0.3 is 25.8 Å². The maximum Gasteiger partial charge on any atom is 0.319 e. The summed E-state index contributed by atoms with van der Waals surface area (Å²) in [4.78, 5) is 24.0. The minimum absolute atomic E-state index is 0.0154. The van der Waals surface area contributed by atoms with Crippen molar-refractivity contribution in [2.75, 3.05) is 17.7 Å². The standard InChI is InChI=1S/C20H25N3O4/c1-12(2)19(25)22-15-7-5-13(3)16(10-15)23-20(26)21-11-14-6-8-18(27-4)17(24)9-14/h5-10,12,24H,11H2,1-4H3,(H,22,25)(H2,21,23,26). The first-order chi connectivity index (χ1) is 12.8. The lowest BCUT2D eigenvalue weighted by atomic mass is 10.1. The number of rotatable bonds is 6. The largest absolute Gasteiger partial charge is 0.504 e. The fraction of sp³-hybridized carbons (Fsp3) is 0.300. The Labute approximate surface area is 158 Å². The first kappa shape index (κ1) is 20.1. The molecular weight excluding hydrogens is 346 g/mol. The summed E-state index contributed by atoms with van der Waals surface area (Å²) in [5.41, 5.74) is 2.83. The Bertz CT molecular complexity index is 834. The van der Waals surface area contributed by atoms with Crippen molar-refractivity contribution in [3.05, 3.63) is 47.5 Å². The third kappa shape index (κ3) is 5.64. The van der Waals surface area contributed by atoms with Gasteiger partial charge >= 0.3 is 6.03 Å². The van der Waals surface area contributed by atoms with E-state index in [0.717, 1.165) is 11.1 Å². The highest BCUT2D eigenvalue weighted by Crippen LogP contribution is 2.26. The van der Waals surface area contributed by atoms with Gasteiger partial charge in [0, 0.05) is 23.8 Å². The highest BCUT2D eigenvalue weighted by Gasteiger charge is 2.10. The summed E-state index contributed by atoms with van der Waals surface area (Å²) in [7, 11) is 1.47. The van der Waals surface area contributed by atoms with Crippen LogP contribution in [-0.4, -0.2) is 24.2 Å². The van der Waals surface area contributed by atoms with Crippen LogP contribution in [0.3, 0.4) is 0 Å². The maximum atomic E-state index is 12.2. The Morgan fingerprint density at radius 2 is 1.85 bits per heavy atom. The zero-order valence-electron chi connectivity index (χ0n) is 15.9. The molecule has 0 aliphatic rings. The van der Waals surface area contributed by atoms with E-state index in [9.17, 15) is 14.7 Å². The van der Waals surface area contributed by atoms with Gasteiger partial charge in [-0.05, 0) is 42.3 Å². The summed E-state index contributed by atoms with van der Waals surface area (Å²) >= 11 is 0. The molecule has 0 aliphatic heterocycles. The first-order valence-corrected chi connectivity index (χ1v) is 8.62. The molecule has 3 amide bonds. The van der Waals surface area contributed by atoms with E-state index in [1.54, 1.807) is 24.3 Å². The van der Waals surface area contributed by atoms with Gasteiger partial charge in [0.1, 0.15) is 0 Å². The van der Waals surface area contributed by atoms with Gasteiger partial charge in [0.2, 0.25) is 5.91 Å². The molecule has 2 rings (SSSR count). The quantitative estimate of drug-likeness (QED) is 0.623. The fourth-order valence-corrected chi connectivity index (χ4v) is 2.32. The van der Waals surface area contributed by atoms with Crippen molar-refractivity contribution in [3.63, 3.8) is 0 Å². The highest BCUT2D eigenvalue weighted by atomic mass is 16.5. The van der Waals surface area contributed by atoms with Gasteiger partial charge in [0.25, 0.3) is 0 Å². The molecule has 0 atom stereocenters. The average Bonchev–Trinajstić information content (AvgIpc) is 2.62. The Hall–Kier alpha value is -3.22. The summed E-state index contributed by atoms with van der Waals surface area (Å²) in [5.74, 6) is 0.168. The van der Waals surface area contributed by atoms with Crippen molar-refractivity contribution in [1.29, 1.82) is 0 Å². The van der Waals surface area contributed by atoms with E-state index in [1.807, 2.05) is 26.8 Å². The van der Waals surface area contributed by atoms with Crippen molar-refractivity contribution < 1.29 is 19.4 Å². The Kier molecular flexibility index (Phi) is 6.65. The molecule has 7 nitrogen and oxygen atoms in total. The summed E-state index contributed by atoms with van der Waals surface area (Å²) < 4.78 is 4.99. The van der Waals surface area contributed by atoms with Crippen molar-refractivity contribution in [1.82, 2.24) is 5.32 Å². The van der Waals surface area contributed by atoms with Crippen LogP contribution >= 0.6 is 0 Å². The molecule has 7 heteroatoms. The second-order valence-electron chi connectivity index (χ2n) is 6.49. The molecule has 0 unspecified atom stereocenters. The van der Waals surface area contributed by atoms with E-state index in [1.165, 1.54) is 13.2 Å². The van der Waals surface area contributed by atoms with Crippen LogP contribution in [0, 0.1) is 12.8 Å². The Balaban J connectivity index is 1.98. The van der Waals surface area contributed by atoms with Gasteiger partial charge in [-0.15, -0.1) is 0 Å². The Morgan fingerprint density at radius 3 is 2.48 bits per heavy atom. The lowest BCUT2D eigenvalue weighted by Crippen LogP contribution is -2.28. The van der Waals surface area contributed by atoms with E-state index in [2.05, 4.69) is 16.0 Å². The zero-order chi connectivity index (χ0) is 20.0. The SMILES string of the molecule is COc1ccc(CNC(=O)Nc2cc(NC(=O)C(C)C)ccc2C)cc1O. The predicted octanol–water partition coefficient (Wildman–Crippen LogP) is 3.63. The number of amides is 3. The summed E-state index contributed by atoms with van der Waals surface area (Å²) in [5, 5.41) is 18.1. The molecule has 0 fully saturated rings. The number of hydrogen-bond donors (Lipinski definition) is 4. The molecule has 0 bridgehead atoms. The number of carbonyl (C=O) groups is 2. The number of aryl methyl sites for hydroxylation is 1. The molecule has 144 valence electrons. The number of methoxy groups -OCH3 is 1. The highest BCUT2D eigenvalue weighted by molar-refractivity contribution is 5.94. The lowest BCUT2D eigenvalue weighted by molar-refractivity contribution is -0.118. The van der Waals surface area contributed by atoms with Crippen molar-refractivity contribution in [3.8, 4) is 11.5 Å². The number of anilines is 2. The molecule has 0 aromatic heterocycles. The molecule has 0 spiro atoms. The second kappa shape index (κ2) is 8.93. The van der Waals surface area contributed by atoms with E-state index < -0.39 is 0 Å². The fourth-order valence-electron chi connectivity index (χ4n) is 2.32. The van der Waals surface area contributed by atoms with Crippen LogP contribution < -0.4 is 20.7 Å². The molecule has 4 N–H and O–H groups in total. The number of ether oxygens (including phenoxy) is 1. The van der Waals surface area contributed by atoms with Gasteiger partial charge in [-0.2, -0.15) is 0 Å². The van der Waals surface area contributed by atoms with E-state index in [0.29, 0.717) is 17.1 Å². The average molecular weight is 371 g/mol. The number of phenols is 1. The molecule has 0 radical (unpaired) electrons. The van der Waals surface area contributed by atoms with E-state index in [4.69, 9.17) is 4.74 Å². The minimum Gasteiger partial charge on any atom is -0.504 e. The number of phenolic OH excluding ortho intramolecular Hbond substituents is 1. The van der Waals surface area contributed by atoms with Crippen LogP contribution in [0.25, 0.3) is 0 Å². The topological polar surface area (TPSA) is 99.7 Å². The molecular formula is C20H25N3O4. The molecule has 2 aromatic rings. The van der Waals surface area contributed by atoms with Gasteiger partial charge in [-0.1, -0.05) is 26.0 Å². The minimum atomic E-state index is -0.388. The van der Waals surface area contributed by atoms with Crippen molar-refractivity contribution in [2.45, 2.75) is 27.3 Å². The van der Waals surface area contributed by atoms with Crippen LogP contribution in [0.1, 0.15) is 25.0 Å². The van der Waals surface area contributed by atoms with Gasteiger partial charge in [-0.3, -0.25) is 4.79 Å². The number of carbonyl (C=O) groups excluding carboxylic acids is 2. The normalized spacial score (nSPS) is 10.4. The predicted molar refractivity (Wildman–Crippen MR) is 105 cm³/mol. The molecule has 0 saturated carbocycles. The van der Waals surface area contributed by atoms with E-state index >= 15 is 0 Å².